The van der Waals surface area contributed by atoms with Gasteiger partial charge in [0.25, 0.3) is 0 Å². The van der Waals surface area contributed by atoms with Gasteiger partial charge in [-0.2, -0.15) is 11.8 Å². The lowest BCUT2D eigenvalue weighted by Crippen LogP contribution is -2.41. The van der Waals surface area contributed by atoms with E-state index in [9.17, 15) is 9.59 Å². The number of carbonyl (C=O) groups is 2. The first-order valence-electron chi connectivity index (χ1n) is 11.2. The number of rotatable bonds is 5. The van der Waals surface area contributed by atoms with E-state index in [0.717, 1.165) is 62.3 Å². The number of likely N-dealkylation sites (tertiary alicyclic amines) is 1. The van der Waals surface area contributed by atoms with Gasteiger partial charge in [0.2, 0.25) is 11.8 Å². The number of allylic oxidation sites excluding steroid dienone is 2. The average Bonchev–Trinajstić information content (AvgIpc) is 2.83. The number of carboxylic acid groups (broad SMARTS) is 1. The number of ether oxygens (including phenoxy) is 1. The van der Waals surface area contributed by atoms with E-state index < -0.39 is 6.09 Å². The SMILES string of the molecule is O=C(O)N1CCC(COc2ccc(C3=CCC(C(=O)N4CCSCC4)CC3)cn2)CC1. The lowest BCUT2D eigenvalue weighted by molar-refractivity contribution is -0.135. The quantitative estimate of drug-likeness (QED) is 0.746. The Kier molecular flexibility index (Phi) is 7.37. The van der Waals surface area contributed by atoms with Crippen LogP contribution in [0.3, 0.4) is 0 Å². The summed E-state index contributed by atoms with van der Waals surface area (Å²) in [5, 5.41) is 9.03. The Hall–Kier alpha value is -2.22. The summed E-state index contributed by atoms with van der Waals surface area (Å²) in [4.78, 5) is 31.7. The molecule has 8 heteroatoms. The van der Waals surface area contributed by atoms with E-state index in [2.05, 4.69) is 11.1 Å². The normalized spacial score (nSPS) is 22.7. The van der Waals surface area contributed by atoms with Gasteiger partial charge in [-0.05, 0) is 55.2 Å². The summed E-state index contributed by atoms with van der Waals surface area (Å²) in [6, 6.07) is 3.95. The van der Waals surface area contributed by atoms with E-state index in [1.165, 1.54) is 10.5 Å². The molecule has 1 aliphatic carbocycles. The third-order valence-electron chi connectivity index (χ3n) is 6.54. The van der Waals surface area contributed by atoms with Crippen LogP contribution in [-0.4, -0.2) is 76.2 Å². The summed E-state index contributed by atoms with van der Waals surface area (Å²) in [7, 11) is 0. The molecule has 2 aliphatic heterocycles. The molecule has 2 fully saturated rings. The molecule has 0 radical (unpaired) electrons. The first-order chi connectivity index (χ1) is 15.1. The van der Waals surface area contributed by atoms with Crippen molar-refractivity contribution in [1.29, 1.82) is 0 Å². The molecule has 1 aromatic rings. The van der Waals surface area contributed by atoms with Gasteiger partial charge in [-0.1, -0.05) is 6.08 Å². The Labute approximate surface area is 187 Å². The first kappa shape index (κ1) is 22.0. The summed E-state index contributed by atoms with van der Waals surface area (Å²) >= 11 is 1.93. The molecule has 7 nitrogen and oxygen atoms in total. The Morgan fingerprint density at radius 1 is 1.10 bits per heavy atom. The van der Waals surface area contributed by atoms with Crippen molar-refractivity contribution in [3.05, 3.63) is 30.0 Å². The third kappa shape index (κ3) is 5.73. The van der Waals surface area contributed by atoms with Crippen molar-refractivity contribution >= 4 is 29.3 Å². The van der Waals surface area contributed by atoms with E-state index in [4.69, 9.17) is 9.84 Å². The highest BCUT2D eigenvalue weighted by Crippen LogP contribution is 2.32. The van der Waals surface area contributed by atoms with Gasteiger partial charge in [-0.15, -0.1) is 0 Å². The van der Waals surface area contributed by atoms with E-state index in [-0.39, 0.29) is 5.92 Å². The predicted molar refractivity (Wildman–Crippen MR) is 121 cm³/mol. The van der Waals surface area contributed by atoms with Crippen molar-refractivity contribution in [2.45, 2.75) is 32.1 Å². The van der Waals surface area contributed by atoms with Crippen molar-refractivity contribution in [1.82, 2.24) is 14.8 Å². The minimum absolute atomic E-state index is 0.120. The lowest BCUT2D eigenvalue weighted by Gasteiger charge is -2.31. The zero-order valence-corrected chi connectivity index (χ0v) is 18.7. The minimum Gasteiger partial charge on any atom is -0.477 e. The van der Waals surface area contributed by atoms with Crippen molar-refractivity contribution in [2.24, 2.45) is 11.8 Å². The standard InChI is InChI=1S/C23H31N3O4S/c27-22(25-11-13-31-14-12-25)19-3-1-18(2-4-19)20-5-6-21(24-15-20)30-16-17-7-9-26(10-8-17)23(28)29/h1,5-6,15,17,19H,2-4,7-14,16H2,(H,28,29). The van der Waals surface area contributed by atoms with Crippen molar-refractivity contribution in [2.75, 3.05) is 44.3 Å². The monoisotopic (exact) mass is 445 g/mol. The lowest BCUT2D eigenvalue weighted by atomic mass is 9.86. The maximum atomic E-state index is 12.7. The van der Waals surface area contributed by atoms with E-state index in [1.807, 2.05) is 35.0 Å². The van der Waals surface area contributed by atoms with Gasteiger partial charge in [-0.25, -0.2) is 9.78 Å². The van der Waals surface area contributed by atoms with Crippen LogP contribution >= 0.6 is 11.8 Å². The second-order valence-corrected chi connectivity index (χ2v) is 9.77. The molecule has 1 atom stereocenters. The number of pyridine rings is 1. The predicted octanol–water partition coefficient (Wildman–Crippen LogP) is 3.61. The highest BCUT2D eigenvalue weighted by atomic mass is 32.2. The molecule has 168 valence electrons. The van der Waals surface area contributed by atoms with Crippen molar-refractivity contribution in [3.8, 4) is 5.88 Å². The van der Waals surface area contributed by atoms with Crippen molar-refractivity contribution in [3.63, 3.8) is 0 Å². The van der Waals surface area contributed by atoms with Crippen LogP contribution in [0.5, 0.6) is 5.88 Å². The molecular formula is C23H31N3O4S. The zero-order chi connectivity index (χ0) is 21.6. The van der Waals surface area contributed by atoms with E-state index in [1.54, 1.807) is 0 Å². The molecule has 1 unspecified atom stereocenters. The third-order valence-corrected chi connectivity index (χ3v) is 7.48. The first-order valence-corrected chi connectivity index (χ1v) is 12.4. The average molecular weight is 446 g/mol. The summed E-state index contributed by atoms with van der Waals surface area (Å²) in [5.74, 6) is 3.53. The molecule has 1 N–H and O–H groups in total. The smallest absolute Gasteiger partial charge is 0.407 e. The fourth-order valence-electron chi connectivity index (χ4n) is 4.51. The summed E-state index contributed by atoms with van der Waals surface area (Å²) in [5.41, 5.74) is 2.36. The van der Waals surface area contributed by atoms with E-state index in [0.29, 0.717) is 37.4 Å². The van der Waals surface area contributed by atoms with Crippen LogP contribution in [0.1, 0.15) is 37.7 Å². The fourth-order valence-corrected chi connectivity index (χ4v) is 5.42. The van der Waals surface area contributed by atoms with Crippen LogP contribution in [0, 0.1) is 11.8 Å². The van der Waals surface area contributed by atoms with Crippen LogP contribution < -0.4 is 4.74 Å². The number of aromatic nitrogens is 1. The molecule has 2 saturated heterocycles. The Morgan fingerprint density at radius 3 is 2.48 bits per heavy atom. The number of piperidine rings is 1. The number of hydrogen-bond acceptors (Lipinski definition) is 5. The largest absolute Gasteiger partial charge is 0.477 e. The summed E-state index contributed by atoms with van der Waals surface area (Å²) in [6.45, 7) is 3.50. The number of carbonyl (C=O) groups excluding carboxylic acids is 1. The molecular weight excluding hydrogens is 414 g/mol. The molecule has 3 heterocycles. The van der Waals surface area contributed by atoms with Gasteiger partial charge in [0.15, 0.2) is 0 Å². The second kappa shape index (κ2) is 10.4. The highest BCUT2D eigenvalue weighted by Gasteiger charge is 2.27. The van der Waals surface area contributed by atoms with Crippen LogP contribution in [0.4, 0.5) is 4.79 Å². The highest BCUT2D eigenvalue weighted by molar-refractivity contribution is 7.99. The van der Waals surface area contributed by atoms with Crippen molar-refractivity contribution < 1.29 is 19.4 Å². The Bertz CT molecular complexity index is 800. The van der Waals surface area contributed by atoms with Gasteiger partial charge in [0.05, 0.1) is 6.61 Å². The second-order valence-electron chi connectivity index (χ2n) is 8.55. The maximum absolute atomic E-state index is 12.7. The Morgan fingerprint density at radius 2 is 1.87 bits per heavy atom. The summed E-state index contributed by atoms with van der Waals surface area (Å²) in [6.07, 6.45) is 7.50. The summed E-state index contributed by atoms with van der Waals surface area (Å²) < 4.78 is 5.85. The molecule has 2 amide bonds. The number of nitrogens with zero attached hydrogens (tertiary/aromatic N) is 3. The maximum Gasteiger partial charge on any atom is 0.407 e. The van der Waals surface area contributed by atoms with Crippen LogP contribution in [0.25, 0.3) is 5.57 Å². The molecule has 0 spiro atoms. The zero-order valence-electron chi connectivity index (χ0n) is 17.9. The number of amides is 2. The van der Waals surface area contributed by atoms with E-state index >= 15 is 0 Å². The number of thioether (sulfide) groups is 1. The van der Waals surface area contributed by atoms with Crippen LogP contribution in [-0.2, 0) is 4.79 Å². The fraction of sp³-hybridized carbons (Fsp3) is 0.609. The molecule has 31 heavy (non-hydrogen) atoms. The molecule has 0 bridgehead atoms. The topological polar surface area (TPSA) is 83.0 Å². The van der Waals surface area contributed by atoms with Crippen LogP contribution in [0.15, 0.2) is 24.4 Å². The van der Waals surface area contributed by atoms with Gasteiger partial charge >= 0.3 is 6.09 Å². The van der Waals surface area contributed by atoms with Gasteiger partial charge in [0, 0.05) is 55.9 Å². The molecule has 1 aromatic heterocycles. The van der Waals surface area contributed by atoms with Gasteiger partial charge < -0.3 is 19.6 Å². The number of hydrogen-bond donors (Lipinski definition) is 1. The Balaban J connectivity index is 1.24. The van der Waals surface area contributed by atoms with Crippen LogP contribution in [0.2, 0.25) is 0 Å². The molecule has 0 aromatic carbocycles. The van der Waals surface area contributed by atoms with Gasteiger partial charge in [-0.3, -0.25) is 4.79 Å². The molecule has 4 rings (SSSR count). The van der Waals surface area contributed by atoms with Gasteiger partial charge in [0.1, 0.15) is 0 Å². The molecule has 3 aliphatic rings. The minimum atomic E-state index is -0.838. The molecule has 0 saturated carbocycles.